The lowest BCUT2D eigenvalue weighted by atomic mass is 10.2. The second-order valence-electron chi connectivity index (χ2n) is 3.88. The Morgan fingerprint density at radius 2 is 2.57 bits per heavy atom. The summed E-state index contributed by atoms with van der Waals surface area (Å²) in [4.78, 5) is 0. The van der Waals surface area contributed by atoms with E-state index in [1.807, 2.05) is 0 Å². The first kappa shape index (κ1) is 9.74. The zero-order chi connectivity index (χ0) is 9.80. The molecule has 0 saturated carbocycles. The number of hydrogen-bond acceptors (Lipinski definition) is 2. The highest BCUT2D eigenvalue weighted by Gasteiger charge is 2.14. The van der Waals surface area contributed by atoms with E-state index in [1.54, 1.807) is 0 Å². The molecule has 1 saturated heterocycles. The van der Waals surface area contributed by atoms with Gasteiger partial charge in [0.2, 0.25) is 0 Å². The summed E-state index contributed by atoms with van der Waals surface area (Å²) in [5.74, 6) is 0. The molecule has 1 atom stereocenters. The molecule has 78 valence electrons. The van der Waals surface area contributed by atoms with Crippen LogP contribution in [0, 0.1) is 0 Å². The third kappa shape index (κ3) is 2.36. The molecule has 1 aliphatic heterocycles. The highest BCUT2D eigenvalue weighted by atomic mass is 16.5. The Labute approximate surface area is 85.1 Å². The van der Waals surface area contributed by atoms with E-state index in [0.717, 1.165) is 19.7 Å². The van der Waals surface area contributed by atoms with Crippen molar-refractivity contribution in [3.63, 3.8) is 0 Å². The van der Waals surface area contributed by atoms with Crippen LogP contribution in [0.5, 0.6) is 0 Å². The predicted molar refractivity (Wildman–Crippen MR) is 56.1 cm³/mol. The summed E-state index contributed by atoms with van der Waals surface area (Å²) in [7, 11) is 2.07. The van der Waals surface area contributed by atoms with E-state index in [0.29, 0.717) is 6.10 Å². The third-order valence-corrected chi connectivity index (χ3v) is 2.75. The first-order chi connectivity index (χ1) is 6.86. The van der Waals surface area contributed by atoms with Crippen LogP contribution in [-0.2, 0) is 18.3 Å². The van der Waals surface area contributed by atoms with Gasteiger partial charge < -0.3 is 14.6 Å². The van der Waals surface area contributed by atoms with Crippen LogP contribution in [-0.4, -0.2) is 23.8 Å². The lowest BCUT2D eigenvalue weighted by Crippen LogP contribution is -2.26. The molecule has 3 nitrogen and oxygen atoms in total. The van der Waals surface area contributed by atoms with Crippen LogP contribution in [0.1, 0.15) is 18.5 Å². The fourth-order valence-electron chi connectivity index (χ4n) is 1.85. The van der Waals surface area contributed by atoms with Gasteiger partial charge in [-0.3, -0.25) is 0 Å². The lowest BCUT2D eigenvalue weighted by Gasteiger charge is -2.10. The Hall–Kier alpha value is -0.800. The lowest BCUT2D eigenvalue weighted by molar-refractivity contribution is 0.110. The summed E-state index contributed by atoms with van der Waals surface area (Å²) >= 11 is 0. The molecule has 2 heterocycles. The molecule has 1 aromatic rings. The first-order valence-electron chi connectivity index (χ1n) is 5.29. The molecule has 0 radical (unpaired) electrons. The molecule has 1 N–H and O–H groups in total. The highest BCUT2D eigenvalue weighted by Crippen LogP contribution is 2.10. The number of aryl methyl sites for hydroxylation is 1. The Kier molecular flexibility index (Phi) is 3.22. The fraction of sp³-hybridized carbons (Fsp3) is 0.636. The van der Waals surface area contributed by atoms with Crippen molar-refractivity contribution in [2.45, 2.75) is 25.5 Å². The summed E-state index contributed by atoms with van der Waals surface area (Å²) in [6.07, 6.45) is 4.94. The number of ether oxygens (including phenoxy) is 1. The van der Waals surface area contributed by atoms with Gasteiger partial charge in [-0.05, 0) is 25.0 Å². The van der Waals surface area contributed by atoms with Crippen molar-refractivity contribution in [2.24, 2.45) is 7.05 Å². The van der Waals surface area contributed by atoms with E-state index in [9.17, 15) is 0 Å². The topological polar surface area (TPSA) is 26.2 Å². The average Bonchev–Trinajstić information content (AvgIpc) is 2.78. The van der Waals surface area contributed by atoms with Crippen LogP contribution in [0.15, 0.2) is 18.3 Å². The number of aromatic nitrogens is 1. The number of rotatable bonds is 4. The molecule has 0 bridgehead atoms. The van der Waals surface area contributed by atoms with Gasteiger partial charge in [-0.25, -0.2) is 0 Å². The second kappa shape index (κ2) is 4.62. The Morgan fingerprint density at radius 3 is 3.21 bits per heavy atom. The largest absolute Gasteiger partial charge is 0.377 e. The van der Waals surface area contributed by atoms with Gasteiger partial charge in [0.1, 0.15) is 0 Å². The summed E-state index contributed by atoms with van der Waals surface area (Å²) in [5.41, 5.74) is 1.32. The van der Waals surface area contributed by atoms with Crippen LogP contribution in [0.4, 0.5) is 0 Å². The summed E-state index contributed by atoms with van der Waals surface area (Å²) in [6, 6.07) is 4.21. The maximum atomic E-state index is 5.53. The van der Waals surface area contributed by atoms with Gasteiger partial charge >= 0.3 is 0 Å². The van der Waals surface area contributed by atoms with Crippen LogP contribution < -0.4 is 5.32 Å². The quantitative estimate of drug-likeness (QED) is 0.781. The number of hydrogen-bond donors (Lipinski definition) is 1. The van der Waals surface area contributed by atoms with Crippen molar-refractivity contribution in [1.29, 1.82) is 0 Å². The monoisotopic (exact) mass is 194 g/mol. The molecule has 0 amide bonds. The maximum Gasteiger partial charge on any atom is 0.0700 e. The van der Waals surface area contributed by atoms with Gasteiger partial charge in [-0.15, -0.1) is 0 Å². The van der Waals surface area contributed by atoms with Gasteiger partial charge in [0.15, 0.2) is 0 Å². The minimum Gasteiger partial charge on any atom is -0.377 e. The molecule has 0 aliphatic carbocycles. The highest BCUT2D eigenvalue weighted by molar-refractivity contribution is 5.05. The van der Waals surface area contributed by atoms with E-state index >= 15 is 0 Å². The molecule has 1 unspecified atom stereocenters. The van der Waals surface area contributed by atoms with E-state index in [1.165, 1.54) is 18.5 Å². The SMILES string of the molecule is Cn1cccc1CNCC1CCCO1. The van der Waals surface area contributed by atoms with E-state index in [4.69, 9.17) is 4.74 Å². The van der Waals surface area contributed by atoms with E-state index in [-0.39, 0.29) is 0 Å². The Balaban J connectivity index is 1.70. The van der Waals surface area contributed by atoms with Gasteiger partial charge in [0.25, 0.3) is 0 Å². The predicted octanol–water partition coefficient (Wildman–Crippen LogP) is 1.29. The van der Waals surface area contributed by atoms with E-state index in [2.05, 4.69) is 35.3 Å². The minimum atomic E-state index is 0.440. The van der Waals surface area contributed by atoms with Crippen molar-refractivity contribution < 1.29 is 4.74 Å². The van der Waals surface area contributed by atoms with Crippen molar-refractivity contribution in [2.75, 3.05) is 13.2 Å². The summed E-state index contributed by atoms with van der Waals surface area (Å²) < 4.78 is 7.67. The smallest absolute Gasteiger partial charge is 0.0700 e. The Bertz CT molecular complexity index is 277. The molecular formula is C11H18N2O. The number of nitrogens with zero attached hydrogens (tertiary/aromatic N) is 1. The molecule has 14 heavy (non-hydrogen) atoms. The first-order valence-corrected chi connectivity index (χ1v) is 5.29. The van der Waals surface area contributed by atoms with Crippen LogP contribution in [0.3, 0.4) is 0 Å². The molecule has 1 aliphatic rings. The zero-order valence-corrected chi connectivity index (χ0v) is 8.70. The summed E-state index contributed by atoms with van der Waals surface area (Å²) in [6.45, 7) is 2.85. The third-order valence-electron chi connectivity index (χ3n) is 2.75. The normalized spacial score (nSPS) is 21.6. The molecule has 2 rings (SSSR count). The van der Waals surface area contributed by atoms with E-state index < -0.39 is 0 Å². The molecular weight excluding hydrogens is 176 g/mol. The maximum absolute atomic E-state index is 5.53. The van der Waals surface area contributed by atoms with Gasteiger partial charge in [0.05, 0.1) is 6.10 Å². The van der Waals surface area contributed by atoms with Crippen molar-refractivity contribution in [3.8, 4) is 0 Å². The molecule has 1 fully saturated rings. The van der Waals surface area contributed by atoms with Crippen molar-refractivity contribution in [3.05, 3.63) is 24.0 Å². The van der Waals surface area contributed by atoms with Gasteiger partial charge in [-0.1, -0.05) is 0 Å². The standard InChI is InChI=1S/C11H18N2O/c1-13-6-2-4-10(13)8-12-9-11-5-3-7-14-11/h2,4,6,11-12H,3,5,7-9H2,1H3. The summed E-state index contributed by atoms with van der Waals surface area (Å²) in [5, 5.41) is 3.42. The Morgan fingerprint density at radius 1 is 1.64 bits per heavy atom. The molecule has 3 heteroatoms. The fourth-order valence-corrected chi connectivity index (χ4v) is 1.85. The van der Waals surface area contributed by atoms with Gasteiger partial charge in [0, 0.05) is 38.6 Å². The van der Waals surface area contributed by atoms with Crippen molar-refractivity contribution >= 4 is 0 Å². The van der Waals surface area contributed by atoms with Crippen LogP contribution in [0.2, 0.25) is 0 Å². The van der Waals surface area contributed by atoms with Crippen molar-refractivity contribution in [1.82, 2.24) is 9.88 Å². The van der Waals surface area contributed by atoms with Crippen LogP contribution >= 0.6 is 0 Å². The van der Waals surface area contributed by atoms with Crippen LogP contribution in [0.25, 0.3) is 0 Å². The number of nitrogens with one attached hydrogen (secondary N) is 1. The molecule has 0 spiro atoms. The molecule has 1 aromatic heterocycles. The van der Waals surface area contributed by atoms with Gasteiger partial charge in [-0.2, -0.15) is 0 Å². The zero-order valence-electron chi connectivity index (χ0n) is 8.70. The average molecular weight is 194 g/mol. The second-order valence-corrected chi connectivity index (χ2v) is 3.88. The minimum absolute atomic E-state index is 0.440. The molecule has 0 aromatic carbocycles.